The molecule has 100 valence electrons. The molecule has 1 aromatic rings. The lowest BCUT2D eigenvalue weighted by Gasteiger charge is -2.22. The molecule has 0 bridgehead atoms. The molecule has 3 nitrogen and oxygen atoms in total. The molecule has 0 aliphatic rings. The molecule has 1 rings (SSSR count). The van der Waals surface area contributed by atoms with Crippen molar-refractivity contribution in [2.24, 2.45) is 0 Å². The van der Waals surface area contributed by atoms with E-state index in [1.807, 2.05) is 39.8 Å². The molecule has 0 aliphatic heterocycles. The van der Waals surface area contributed by atoms with E-state index in [-0.39, 0.29) is 11.4 Å². The van der Waals surface area contributed by atoms with Crippen LogP contribution in [0.2, 0.25) is 0 Å². The molecule has 2 N–H and O–H groups in total. The van der Waals surface area contributed by atoms with Crippen molar-refractivity contribution in [1.29, 1.82) is 0 Å². The van der Waals surface area contributed by atoms with Crippen LogP contribution in [-0.4, -0.2) is 11.4 Å². The van der Waals surface area contributed by atoms with Gasteiger partial charge in [0.1, 0.15) is 0 Å². The minimum atomic E-state index is -0.140. The van der Waals surface area contributed by atoms with E-state index >= 15 is 0 Å². The quantitative estimate of drug-likeness (QED) is 0.807. The first-order valence-electron chi connectivity index (χ1n) is 6.39. The molecular weight excluding hydrogens is 224 g/mol. The SMILES string of the molecule is Cc1c(C(=O)NNC(C)(C)C)cccc1C(C)C. The predicted molar refractivity (Wildman–Crippen MR) is 75.6 cm³/mol. The highest BCUT2D eigenvalue weighted by Crippen LogP contribution is 2.21. The third-order valence-corrected chi connectivity index (χ3v) is 2.79. The highest BCUT2D eigenvalue weighted by molar-refractivity contribution is 5.95. The van der Waals surface area contributed by atoms with E-state index in [2.05, 4.69) is 30.8 Å². The third-order valence-electron chi connectivity index (χ3n) is 2.79. The first-order chi connectivity index (χ1) is 8.22. The number of benzene rings is 1. The largest absolute Gasteiger partial charge is 0.287 e. The summed E-state index contributed by atoms with van der Waals surface area (Å²) in [4.78, 5) is 12.1. The molecule has 0 fully saturated rings. The van der Waals surface area contributed by atoms with Gasteiger partial charge < -0.3 is 0 Å². The topological polar surface area (TPSA) is 41.1 Å². The van der Waals surface area contributed by atoms with Gasteiger partial charge in [-0.15, -0.1) is 0 Å². The molecule has 0 radical (unpaired) electrons. The van der Waals surface area contributed by atoms with Gasteiger partial charge in [0.2, 0.25) is 0 Å². The number of carbonyl (C=O) groups is 1. The Morgan fingerprint density at radius 1 is 1.22 bits per heavy atom. The molecule has 18 heavy (non-hydrogen) atoms. The maximum atomic E-state index is 12.1. The zero-order chi connectivity index (χ0) is 13.9. The van der Waals surface area contributed by atoms with Gasteiger partial charge in [-0.1, -0.05) is 26.0 Å². The van der Waals surface area contributed by atoms with Crippen LogP contribution >= 0.6 is 0 Å². The van der Waals surface area contributed by atoms with E-state index in [1.54, 1.807) is 0 Å². The van der Waals surface area contributed by atoms with Gasteiger partial charge in [0.25, 0.3) is 5.91 Å². The molecule has 0 atom stereocenters. The van der Waals surface area contributed by atoms with Crippen molar-refractivity contribution in [1.82, 2.24) is 10.9 Å². The first kappa shape index (κ1) is 14.7. The van der Waals surface area contributed by atoms with Crippen LogP contribution in [0.5, 0.6) is 0 Å². The summed E-state index contributed by atoms with van der Waals surface area (Å²) < 4.78 is 0. The standard InChI is InChI=1S/C15H24N2O/c1-10(2)12-8-7-9-13(11(12)3)14(18)16-17-15(4,5)6/h7-10,17H,1-6H3,(H,16,18). The number of nitrogens with one attached hydrogen (secondary N) is 2. The van der Waals surface area contributed by atoms with E-state index in [9.17, 15) is 4.79 Å². The maximum Gasteiger partial charge on any atom is 0.265 e. The smallest absolute Gasteiger partial charge is 0.265 e. The van der Waals surface area contributed by atoms with Crippen LogP contribution in [0.15, 0.2) is 18.2 Å². The molecule has 0 heterocycles. The molecule has 1 aromatic carbocycles. The summed E-state index contributed by atoms with van der Waals surface area (Å²) in [6, 6.07) is 5.88. The molecule has 1 amide bonds. The van der Waals surface area contributed by atoms with Gasteiger partial charge in [0.15, 0.2) is 0 Å². The molecular formula is C15H24N2O. The molecule has 3 heteroatoms. The van der Waals surface area contributed by atoms with Crippen molar-refractivity contribution in [2.45, 2.75) is 53.0 Å². The number of carbonyl (C=O) groups excluding carboxylic acids is 1. The van der Waals surface area contributed by atoms with Crippen LogP contribution < -0.4 is 10.9 Å². The fourth-order valence-electron chi connectivity index (χ4n) is 1.84. The van der Waals surface area contributed by atoms with Crippen LogP contribution in [0.1, 0.15) is 62.0 Å². The Morgan fingerprint density at radius 3 is 2.33 bits per heavy atom. The molecule has 0 aliphatic carbocycles. The van der Waals surface area contributed by atoms with Gasteiger partial charge in [0.05, 0.1) is 0 Å². The summed E-state index contributed by atoms with van der Waals surface area (Å²) in [5.74, 6) is 0.346. The molecule has 0 saturated heterocycles. The lowest BCUT2D eigenvalue weighted by molar-refractivity contribution is 0.0913. The minimum absolute atomic E-state index is 0.0788. The van der Waals surface area contributed by atoms with Crippen molar-refractivity contribution in [3.8, 4) is 0 Å². The fourth-order valence-corrected chi connectivity index (χ4v) is 1.84. The van der Waals surface area contributed by atoms with E-state index in [0.717, 1.165) is 11.1 Å². The summed E-state index contributed by atoms with van der Waals surface area (Å²) in [5.41, 5.74) is 8.62. The molecule has 0 spiro atoms. The van der Waals surface area contributed by atoms with Gasteiger partial charge in [-0.2, -0.15) is 0 Å². The summed E-state index contributed by atoms with van der Waals surface area (Å²) in [6.07, 6.45) is 0. The number of hydrogen-bond donors (Lipinski definition) is 2. The maximum absolute atomic E-state index is 12.1. The third kappa shape index (κ3) is 3.84. The second kappa shape index (κ2) is 5.53. The van der Waals surface area contributed by atoms with Gasteiger partial charge in [0, 0.05) is 11.1 Å². The van der Waals surface area contributed by atoms with Crippen LogP contribution in [0.3, 0.4) is 0 Å². The Morgan fingerprint density at radius 2 is 1.83 bits per heavy atom. The molecule has 0 saturated carbocycles. The average Bonchev–Trinajstić information content (AvgIpc) is 2.24. The average molecular weight is 248 g/mol. The van der Waals surface area contributed by atoms with Crippen molar-refractivity contribution in [3.63, 3.8) is 0 Å². The lowest BCUT2D eigenvalue weighted by Crippen LogP contribution is -2.48. The summed E-state index contributed by atoms with van der Waals surface area (Å²) in [5, 5.41) is 0. The normalized spacial score (nSPS) is 11.7. The highest BCUT2D eigenvalue weighted by Gasteiger charge is 2.15. The Balaban J connectivity index is 2.90. The van der Waals surface area contributed by atoms with E-state index in [0.29, 0.717) is 5.92 Å². The molecule has 0 unspecified atom stereocenters. The predicted octanol–water partition coefficient (Wildman–Crippen LogP) is 3.15. The summed E-state index contributed by atoms with van der Waals surface area (Å²) in [6.45, 7) is 12.3. The van der Waals surface area contributed by atoms with Crippen molar-refractivity contribution in [2.75, 3.05) is 0 Å². The lowest BCUT2D eigenvalue weighted by atomic mass is 9.94. The second-order valence-electron chi connectivity index (χ2n) is 6.00. The molecule has 0 aromatic heterocycles. The number of rotatable bonds is 3. The fraction of sp³-hybridized carbons (Fsp3) is 0.533. The highest BCUT2D eigenvalue weighted by atomic mass is 16.2. The van der Waals surface area contributed by atoms with Gasteiger partial charge in [-0.25, -0.2) is 5.43 Å². The van der Waals surface area contributed by atoms with Crippen LogP contribution in [0, 0.1) is 6.92 Å². The summed E-state index contributed by atoms with van der Waals surface area (Å²) >= 11 is 0. The van der Waals surface area contributed by atoms with Gasteiger partial charge in [-0.3, -0.25) is 10.2 Å². The minimum Gasteiger partial charge on any atom is -0.287 e. The number of amides is 1. The van der Waals surface area contributed by atoms with Crippen LogP contribution in [0.4, 0.5) is 0 Å². The Bertz CT molecular complexity index is 431. The first-order valence-corrected chi connectivity index (χ1v) is 6.39. The zero-order valence-corrected chi connectivity index (χ0v) is 12.2. The number of hydrogen-bond acceptors (Lipinski definition) is 2. The Kier molecular flexibility index (Phi) is 4.52. The second-order valence-corrected chi connectivity index (χ2v) is 6.00. The summed E-state index contributed by atoms with van der Waals surface area (Å²) in [7, 11) is 0. The van der Waals surface area contributed by atoms with Gasteiger partial charge in [-0.05, 0) is 50.8 Å². The van der Waals surface area contributed by atoms with Crippen molar-refractivity contribution in [3.05, 3.63) is 34.9 Å². The van der Waals surface area contributed by atoms with Gasteiger partial charge >= 0.3 is 0 Å². The Hall–Kier alpha value is -1.35. The van der Waals surface area contributed by atoms with E-state index in [4.69, 9.17) is 0 Å². The van der Waals surface area contributed by atoms with Crippen LogP contribution in [0.25, 0.3) is 0 Å². The zero-order valence-electron chi connectivity index (χ0n) is 12.2. The van der Waals surface area contributed by atoms with Crippen LogP contribution in [-0.2, 0) is 0 Å². The van der Waals surface area contributed by atoms with Crippen molar-refractivity contribution < 1.29 is 4.79 Å². The Labute approximate surface area is 110 Å². The monoisotopic (exact) mass is 248 g/mol. The van der Waals surface area contributed by atoms with E-state index in [1.165, 1.54) is 5.56 Å². The van der Waals surface area contributed by atoms with Crippen molar-refractivity contribution >= 4 is 5.91 Å². The van der Waals surface area contributed by atoms with E-state index < -0.39 is 0 Å². The number of hydrazine groups is 1.